The molecule has 0 fully saturated rings. The fraction of sp³-hybridized carbons (Fsp3) is 0.143. The van der Waals surface area contributed by atoms with Crippen LogP contribution in [0.2, 0.25) is 0 Å². The van der Waals surface area contributed by atoms with Gasteiger partial charge in [0.25, 0.3) is 0 Å². The van der Waals surface area contributed by atoms with E-state index >= 15 is 35.1 Å². The largest absolute Gasteiger partial charge is 0.907 e. The average Bonchev–Trinajstić information content (AvgIpc) is 0.856. The highest BCUT2D eigenvalue weighted by molar-refractivity contribution is 7.20. The van der Waals surface area contributed by atoms with Gasteiger partial charge in [-0.2, -0.15) is 0 Å². The van der Waals surface area contributed by atoms with Gasteiger partial charge in [-0.1, -0.05) is 72.8 Å². The quantitative estimate of drug-likeness (QED) is 0.0811. The standard InChI is InChI=1S/C24BF20.4C8H11N.BO3/c26-5-1(6(27)14(35)21(42)13(5)34)25(2-7(28)15(36)22(43)16(37)8(2)29,3-9(30)17(38)23(44)18(39)10(3)31)4-11(32)19(40)24(45)20(41)12(4)33;4*1-9(2)8-6-4-3-5-7-8;2-1(3)4/h;4*3-7H,1-2H3;/q-1;;;;;-3/p+4. The molecule has 0 unspecified atom stereocenters. The Kier molecular flexibility index (Phi) is 26.4. The molecule has 29 heteroatoms. The molecule has 0 saturated heterocycles. The molecule has 0 spiro atoms. The lowest BCUT2D eigenvalue weighted by atomic mass is 9.12. The van der Waals surface area contributed by atoms with Crippen LogP contribution >= 0.6 is 0 Å². The SMILES string of the molecule is C[NH+](C)c1ccccc1.C[NH+](C)c1ccccc1.C[NH+](C)c1ccccc1.C[NH+](C)c1ccccc1.Fc1c(F)c(F)c([B-](c2c(F)c(F)c(F)c(F)c2F)(c2c(F)c(F)c(F)c(F)c2F)c2c(F)c(F)c(F)c(F)c2F)c(F)c1F.[O-]B([O-])[O-]. The van der Waals surface area contributed by atoms with Gasteiger partial charge in [-0.3, -0.25) is 7.32 Å². The van der Waals surface area contributed by atoms with Crippen molar-refractivity contribution in [3.8, 4) is 0 Å². The molecule has 456 valence electrons. The molecular weight excluding hydrogens is 1180 g/mol. The molecule has 85 heavy (non-hydrogen) atoms. The van der Waals surface area contributed by atoms with E-state index in [2.05, 4.69) is 153 Å². The van der Waals surface area contributed by atoms with Crippen molar-refractivity contribution in [3.63, 3.8) is 0 Å². The van der Waals surface area contributed by atoms with E-state index in [9.17, 15) is 52.7 Å². The highest BCUT2D eigenvalue weighted by atomic mass is 19.2. The lowest BCUT2D eigenvalue weighted by Gasteiger charge is -2.44. The summed E-state index contributed by atoms with van der Waals surface area (Å²) in [4.78, 5) is 5.48. The summed E-state index contributed by atoms with van der Waals surface area (Å²) in [6.07, 6.45) is -7.22. The maximum atomic E-state index is 15.4. The second-order valence-electron chi connectivity index (χ2n) is 18.6. The molecule has 0 radical (unpaired) electrons. The Bertz CT molecular complexity index is 2950. The molecule has 0 heterocycles. The van der Waals surface area contributed by atoms with Gasteiger partial charge in [0, 0.05) is 0 Å². The smallest absolute Gasteiger partial charge is 0.200 e. The van der Waals surface area contributed by atoms with E-state index < -0.39 is 152 Å². The molecule has 8 rings (SSSR count). The fourth-order valence-electron chi connectivity index (χ4n) is 7.96. The van der Waals surface area contributed by atoms with Crippen LogP contribution in [0.15, 0.2) is 121 Å². The van der Waals surface area contributed by atoms with Crippen LogP contribution in [0.4, 0.5) is 111 Å². The van der Waals surface area contributed by atoms with Crippen LogP contribution in [-0.2, 0) is 0 Å². The van der Waals surface area contributed by atoms with Gasteiger partial charge in [-0.25, -0.2) is 87.8 Å². The topological polar surface area (TPSA) is 86.9 Å². The van der Waals surface area contributed by atoms with Crippen LogP contribution in [0, 0.1) is 116 Å². The Balaban J connectivity index is 0.000000372. The molecule has 0 aliphatic carbocycles. The number of hydrogen-bond acceptors (Lipinski definition) is 3. The number of benzene rings is 8. The van der Waals surface area contributed by atoms with E-state index in [1.807, 2.05) is 24.3 Å². The number of quaternary nitrogens is 4. The van der Waals surface area contributed by atoms with Crippen LogP contribution in [0.3, 0.4) is 0 Å². The number of hydrogen-bond donors (Lipinski definition) is 4. The van der Waals surface area contributed by atoms with Crippen LogP contribution in [0.5, 0.6) is 0 Å². The summed E-state index contributed by atoms with van der Waals surface area (Å²) < 4.78 is 294. The van der Waals surface area contributed by atoms with Crippen molar-refractivity contribution < 1.29 is 122 Å². The number of halogens is 20. The number of rotatable bonds is 8. The second kappa shape index (κ2) is 31.4. The Morgan fingerprint density at radius 2 is 0.329 bits per heavy atom. The second-order valence-corrected chi connectivity index (χ2v) is 18.6. The zero-order chi connectivity index (χ0) is 64.7. The first kappa shape index (κ1) is 71.5. The predicted molar refractivity (Wildman–Crippen MR) is 271 cm³/mol. The summed E-state index contributed by atoms with van der Waals surface area (Å²) in [5.74, 6) is -71.4. The maximum Gasteiger partial charge on any atom is 0.200 e. The average molecular weight is 1230 g/mol. The van der Waals surface area contributed by atoms with Crippen LogP contribution in [0.1, 0.15) is 0 Å². The molecule has 0 saturated carbocycles. The van der Waals surface area contributed by atoms with E-state index in [4.69, 9.17) is 15.1 Å². The summed E-state index contributed by atoms with van der Waals surface area (Å²) in [6, 6.07) is 41.6. The van der Waals surface area contributed by atoms with Crippen molar-refractivity contribution in [2.45, 2.75) is 0 Å². The van der Waals surface area contributed by atoms with Gasteiger partial charge < -0.3 is 34.7 Å². The number of para-hydroxylation sites is 4. The third kappa shape index (κ3) is 16.4. The summed E-state index contributed by atoms with van der Waals surface area (Å²) in [5, 5.41) is 25.2. The van der Waals surface area contributed by atoms with Gasteiger partial charge in [-0.15, -0.1) is 21.9 Å². The summed E-state index contributed by atoms with van der Waals surface area (Å²) in [6.45, 7) is 0. The molecule has 8 aromatic carbocycles. The molecule has 4 N–H and O–H groups in total. The maximum absolute atomic E-state index is 15.4. The summed E-state index contributed by atoms with van der Waals surface area (Å²) >= 11 is 0. The zero-order valence-electron chi connectivity index (χ0n) is 45.5. The Morgan fingerprint density at radius 1 is 0.224 bits per heavy atom. The summed E-state index contributed by atoms with van der Waals surface area (Å²) in [7, 11) is 14.0. The van der Waals surface area contributed by atoms with Gasteiger partial charge in [0.05, 0.1) is 56.4 Å². The molecule has 0 bridgehead atoms. The van der Waals surface area contributed by atoms with Gasteiger partial charge >= 0.3 is 0 Å². The highest BCUT2D eigenvalue weighted by Crippen LogP contribution is 2.31. The lowest BCUT2D eigenvalue weighted by Crippen LogP contribution is -3.00. The minimum atomic E-state index is -7.22. The van der Waals surface area contributed by atoms with Crippen LogP contribution in [-0.4, -0.2) is 69.8 Å². The van der Waals surface area contributed by atoms with Gasteiger partial charge in [0.15, 0.2) is 69.8 Å². The van der Waals surface area contributed by atoms with Crippen LogP contribution in [0.25, 0.3) is 0 Å². The minimum Gasteiger partial charge on any atom is -0.907 e. The van der Waals surface area contributed by atoms with Crippen molar-refractivity contribution in [2.75, 3.05) is 56.4 Å². The van der Waals surface area contributed by atoms with Crippen molar-refractivity contribution in [1.82, 2.24) is 0 Å². The van der Waals surface area contributed by atoms with E-state index in [1.165, 1.54) is 42.3 Å². The van der Waals surface area contributed by atoms with Crippen molar-refractivity contribution in [1.29, 1.82) is 0 Å². The monoisotopic (exact) mass is 1230 g/mol. The van der Waals surface area contributed by atoms with E-state index in [0.29, 0.717) is 0 Å². The molecular formula is C56H48B2F20N4O3. The van der Waals surface area contributed by atoms with Gasteiger partial charge in [-0.05, 0) is 48.5 Å². The van der Waals surface area contributed by atoms with Crippen LogP contribution < -0.4 is 56.5 Å². The van der Waals surface area contributed by atoms with Crippen molar-refractivity contribution in [2.24, 2.45) is 0 Å². The molecule has 0 aliphatic rings. The number of nitrogens with one attached hydrogen (secondary N) is 4. The molecule has 7 nitrogen and oxygen atoms in total. The van der Waals surface area contributed by atoms with Crippen molar-refractivity contribution >= 4 is 58.1 Å². The molecule has 0 aromatic heterocycles. The van der Waals surface area contributed by atoms with Crippen molar-refractivity contribution in [3.05, 3.63) is 238 Å². The van der Waals surface area contributed by atoms with Gasteiger partial charge in [0.1, 0.15) is 75.4 Å². The molecule has 0 aliphatic heterocycles. The normalized spacial score (nSPS) is 11.0. The van der Waals surface area contributed by atoms with E-state index in [0.717, 1.165) is 0 Å². The first-order chi connectivity index (χ1) is 39.7. The predicted octanol–water partition coefficient (Wildman–Crippen LogP) is 3.75. The van der Waals surface area contributed by atoms with E-state index in [-0.39, 0.29) is 0 Å². The fourth-order valence-corrected chi connectivity index (χ4v) is 7.96. The zero-order valence-corrected chi connectivity index (χ0v) is 45.5. The molecule has 8 aromatic rings. The minimum absolute atomic E-state index is 1.33. The Morgan fingerprint density at radius 3 is 0.424 bits per heavy atom. The summed E-state index contributed by atoms with van der Waals surface area (Å²) in [5.41, 5.74) is -9.01. The molecule has 0 atom stereocenters. The third-order valence-electron chi connectivity index (χ3n) is 12.1. The Hall–Kier alpha value is -7.79. The van der Waals surface area contributed by atoms with Gasteiger partial charge in [0.2, 0.25) is 0 Å². The first-order valence-electron chi connectivity index (χ1n) is 24.3. The lowest BCUT2D eigenvalue weighted by molar-refractivity contribution is -0.786. The first-order valence-corrected chi connectivity index (χ1v) is 24.3. The van der Waals surface area contributed by atoms with E-state index in [1.54, 1.807) is 0 Å². The Labute approximate surface area is 473 Å². The highest BCUT2D eigenvalue weighted by Gasteiger charge is 2.52. The molecule has 0 amide bonds. The third-order valence-corrected chi connectivity index (χ3v) is 12.1.